The molecular formula is C16H13ClF4N2O3. The van der Waals surface area contributed by atoms with Gasteiger partial charge in [0.15, 0.2) is 11.6 Å². The predicted molar refractivity (Wildman–Crippen MR) is 85.7 cm³/mol. The second-order valence-electron chi connectivity index (χ2n) is 6.58. The van der Waals surface area contributed by atoms with Crippen LogP contribution < -0.4 is 16.0 Å². The van der Waals surface area contributed by atoms with Crippen LogP contribution in [-0.4, -0.2) is 14.7 Å². The van der Waals surface area contributed by atoms with Crippen LogP contribution in [0.2, 0.25) is 5.02 Å². The minimum Gasteiger partial charge on any atom is -0.485 e. The van der Waals surface area contributed by atoms with Crippen LogP contribution >= 0.6 is 11.6 Å². The minimum atomic E-state index is -4.91. The summed E-state index contributed by atoms with van der Waals surface area (Å²) in [7, 11) is 0.847. The van der Waals surface area contributed by atoms with Gasteiger partial charge in [-0.1, -0.05) is 11.6 Å². The Morgan fingerprint density at radius 1 is 1.23 bits per heavy atom. The maximum Gasteiger partial charge on any atom is 0.431 e. The van der Waals surface area contributed by atoms with Crippen molar-refractivity contribution < 1.29 is 22.3 Å². The van der Waals surface area contributed by atoms with Gasteiger partial charge >= 0.3 is 11.9 Å². The first-order valence-electron chi connectivity index (χ1n) is 7.44. The van der Waals surface area contributed by atoms with E-state index in [2.05, 4.69) is 0 Å². The first-order valence-corrected chi connectivity index (χ1v) is 7.82. The molecule has 0 fully saturated rings. The van der Waals surface area contributed by atoms with Gasteiger partial charge in [-0.3, -0.25) is 9.36 Å². The van der Waals surface area contributed by atoms with Crippen molar-refractivity contribution in [1.82, 2.24) is 9.13 Å². The van der Waals surface area contributed by atoms with Crippen molar-refractivity contribution >= 4 is 11.6 Å². The third kappa shape index (κ3) is 2.80. The van der Waals surface area contributed by atoms with E-state index in [1.165, 1.54) is 0 Å². The van der Waals surface area contributed by atoms with E-state index in [0.717, 1.165) is 13.1 Å². The highest BCUT2D eigenvalue weighted by molar-refractivity contribution is 6.31. The van der Waals surface area contributed by atoms with Crippen LogP contribution in [0.4, 0.5) is 17.6 Å². The monoisotopic (exact) mass is 392 g/mol. The molecule has 1 aliphatic rings. The maximum atomic E-state index is 14.6. The molecular weight excluding hydrogens is 380 g/mol. The highest BCUT2D eigenvalue weighted by Gasteiger charge is 2.38. The summed E-state index contributed by atoms with van der Waals surface area (Å²) in [6, 6.07) is 1.14. The molecule has 0 saturated heterocycles. The van der Waals surface area contributed by atoms with Crippen LogP contribution in [0.1, 0.15) is 25.1 Å². The molecule has 0 amide bonds. The average molecular weight is 393 g/mol. The number of ether oxygens (including phenoxy) is 1. The van der Waals surface area contributed by atoms with Crippen LogP contribution in [0.3, 0.4) is 0 Å². The Morgan fingerprint density at radius 2 is 1.85 bits per heavy atom. The normalized spacial score (nSPS) is 15.7. The summed E-state index contributed by atoms with van der Waals surface area (Å²) in [6.45, 7) is 3.39. The van der Waals surface area contributed by atoms with Gasteiger partial charge in [-0.25, -0.2) is 13.8 Å². The van der Waals surface area contributed by atoms with Crippen LogP contribution in [0, 0.1) is 5.82 Å². The summed E-state index contributed by atoms with van der Waals surface area (Å²) in [5.41, 5.74) is -5.05. The molecule has 2 aromatic rings. The molecule has 5 nitrogen and oxygen atoms in total. The lowest BCUT2D eigenvalue weighted by Gasteiger charge is -2.19. The number of nitrogens with zero attached hydrogens (tertiary/aromatic N) is 2. The molecule has 0 spiro atoms. The van der Waals surface area contributed by atoms with Gasteiger partial charge in [-0.15, -0.1) is 0 Å². The second-order valence-corrected chi connectivity index (χ2v) is 6.98. The lowest BCUT2D eigenvalue weighted by molar-refractivity contribution is -0.144. The molecule has 140 valence electrons. The summed E-state index contributed by atoms with van der Waals surface area (Å²) in [4.78, 5) is 24.7. The molecule has 0 saturated carbocycles. The summed E-state index contributed by atoms with van der Waals surface area (Å²) in [5.74, 6) is -1.18. The highest BCUT2D eigenvalue weighted by atomic mass is 35.5. The molecule has 0 atom stereocenters. The fourth-order valence-corrected chi connectivity index (χ4v) is 3.20. The largest absolute Gasteiger partial charge is 0.485 e. The van der Waals surface area contributed by atoms with E-state index in [1.54, 1.807) is 13.8 Å². The first kappa shape index (κ1) is 18.5. The van der Waals surface area contributed by atoms with Gasteiger partial charge in [0.25, 0.3) is 5.56 Å². The van der Waals surface area contributed by atoms with E-state index < -0.39 is 40.2 Å². The van der Waals surface area contributed by atoms with E-state index in [4.69, 9.17) is 16.3 Å². The topological polar surface area (TPSA) is 53.2 Å². The summed E-state index contributed by atoms with van der Waals surface area (Å²) in [5, 5.41) is 0.0450. The van der Waals surface area contributed by atoms with Gasteiger partial charge in [0.1, 0.15) is 17.0 Å². The van der Waals surface area contributed by atoms with E-state index in [-0.39, 0.29) is 27.8 Å². The average Bonchev–Trinajstić information content (AvgIpc) is 2.81. The van der Waals surface area contributed by atoms with Gasteiger partial charge in [0, 0.05) is 25.1 Å². The van der Waals surface area contributed by atoms with Gasteiger partial charge in [-0.2, -0.15) is 13.2 Å². The molecule has 26 heavy (non-hydrogen) atoms. The lowest BCUT2D eigenvalue weighted by Crippen LogP contribution is -2.41. The standard InChI is InChI=1S/C16H13ClF4N2O3/c1-15(2)6-7-8(17)4-9(18)12(13(7)26-15)23-11(24)5-10(16(19,20)21)22(3)14(23)25/h4-5H,6H2,1-3H3. The Labute approximate surface area is 149 Å². The van der Waals surface area contributed by atoms with Crippen molar-refractivity contribution in [2.24, 2.45) is 7.05 Å². The van der Waals surface area contributed by atoms with Crippen molar-refractivity contribution in [1.29, 1.82) is 0 Å². The molecule has 3 rings (SSSR count). The number of rotatable bonds is 1. The number of halogens is 5. The van der Waals surface area contributed by atoms with Crippen molar-refractivity contribution in [3.8, 4) is 11.4 Å². The van der Waals surface area contributed by atoms with E-state index in [0.29, 0.717) is 10.1 Å². The SMILES string of the molecule is Cn1c(C(F)(F)F)cc(=O)n(-c2c(F)cc(Cl)c3c2OC(C)(C)C3)c1=O. The molecule has 0 N–H and O–H groups in total. The first-order chi connectivity index (χ1) is 11.8. The quantitative estimate of drug-likeness (QED) is 0.701. The molecule has 1 aliphatic heterocycles. The fraction of sp³-hybridized carbons (Fsp3) is 0.375. The van der Waals surface area contributed by atoms with Crippen molar-refractivity contribution in [3.05, 3.63) is 55.1 Å². The van der Waals surface area contributed by atoms with E-state index in [1.807, 2.05) is 0 Å². The van der Waals surface area contributed by atoms with Crippen LogP contribution in [0.5, 0.6) is 5.75 Å². The minimum absolute atomic E-state index is 0.0450. The van der Waals surface area contributed by atoms with Gasteiger partial charge in [0.2, 0.25) is 0 Å². The lowest BCUT2D eigenvalue weighted by atomic mass is 10.0. The Morgan fingerprint density at radius 3 is 2.42 bits per heavy atom. The smallest absolute Gasteiger partial charge is 0.431 e. The van der Waals surface area contributed by atoms with E-state index >= 15 is 0 Å². The number of aromatic nitrogens is 2. The maximum absolute atomic E-state index is 14.6. The fourth-order valence-electron chi connectivity index (χ4n) is 2.95. The summed E-state index contributed by atoms with van der Waals surface area (Å²) in [6.07, 6.45) is -4.63. The predicted octanol–water partition coefficient (Wildman–Crippen LogP) is 3.06. The van der Waals surface area contributed by atoms with E-state index in [9.17, 15) is 27.2 Å². The molecule has 2 heterocycles. The molecule has 0 unspecified atom stereocenters. The molecule has 1 aromatic heterocycles. The Kier molecular flexibility index (Phi) is 3.99. The van der Waals surface area contributed by atoms with Gasteiger partial charge in [-0.05, 0) is 19.9 Å². The zero-order valence-electron chi connectivity index (χ0n) is 13.9. The number of hydrogen-bond donors (Lipinski definition) is 0. The molecule has 0 bridgehead atoms. The Bertz CT molecular complexity index is 1040. The molecule has 0 aliphatic carbocycles. The zero-order valence-corrected chi connectivity index (χ0v) is 14.6. The zero-order chi connectivity index (χ0) is 19.6. The van der Waals surface area contributed by atoms with Crippen LogP contribution in [0.15, 0.2) is 21.7 Å². The van der Waals surface area contributed by atoms with Crippen LogP contribution in [0.25, 0.3) is 5.69 Å². The molecule has 10 heteroatoms. The van der Waals surface area contributed by atoms with Gasteiger partial charge in [0.05, 0.1) is 5.02 Å². The number of hydrogen-bond acceptors (Lipinski definition) is 3. The number of alkyl halides is 3. The van der Waals surface area contributed by atoms with Crippen LogP contribution in [-0.2, 0) is 19.6 Å². The Balaban J connectivity index is 2.38. The summed E-state index contributed by atoms with van der Waals surface area (Å²) < 4.78 is 59.7. The van der Waals surface area contributed by atoms with Crippen molar-refractivity contribution in [2.45, 2.75) is 32.0 Å². The molecule has 1 aromatic carbocycles. The summed E-state index contributed by atoms with van der Waals surface area (Å²) >= 11 is 6.02. The van der Waals surface area contributed by atoms with Gasteiger partial charge < -0.3 is 4.74 Å². The highest BCUT2D eigenvalue weighted by Crippen LogP contribution is 2.44. The van der Waals surface area contributed by atoms with Crippen molar-refractivity contribution in [2.75, 3.05) is 0 Å². The third-order valence-corrected chi connectivity index (χ3v) is 4.41. The third-order valence-electron chi connectivity index (χ3n) is 4.07. The number of fused-ring (bicyclic) bond motifs is 1. The molecule has 0 radical (unpaired) electrons. The number of benzene rings is 1. The second kappa shape index (κ2) is 5.60. The van der Waals surface area contributed by atoms with Crippen molar-refractivity contribution in [3.63, 3.8) is 0 Å². The Hall–Kier alpha value is -2.29.